The van der Waals surface area contributed by atoms with Gasteiger partial charge in [-0.05, 0) is 60.8 Å². The van der Waals surface area contributed by atoms with Crippen LogP contribution in [-0.4, -0.2) is 33.0 Å². The van der Waals surface area contributed by atoms with Crippen LogP contribution < -0.4 is 4.74 Å². The molecule has 0 unspecified atom stereocenters. The number of aromatic nitrogens is 3. The standard InChI is InChI=1S/C18H20FN3O3S2/c1-24-15(23)8-9-26-17-20-18(22(21-17)27-19)25-16-13-6-2-4-11(13)10-12-5-3-7-14(12)16/h10H,2-9H2,1H3. The van der Waals surface area contributed by atoms with Gasteiger partial charge in [0.1, 0.15) is 5.75 Å². The number of fused-ring (bicyclic) bond motifs is 2. The third-order valence-electron chi connectivity index (χ3n) is 4.97. The van der Waals surface area contributed by atoms with Crippen LogP contribution in [0.1, 0.15) is 41.5 Å². The first-order chi connectivity index (χ1) is 13.2. The average Bonchev–Trinajstić information content (AvgIpc) is 3.40. The largest absolute Gasteiger partial charge is 0.469 e. The van der Waals surface area contributed by atoms with Crippen molar-refractivity contribution in [2.75, 3.05) is 12.9 Å². The summed E-state index contributed by atoms with van der Waals surface area (Å²) in [6.45, 7) is 0. The Balaban J connectivity index is 1.57. The van der Waals surface area contributed by atoms with Gasteiger partial charge in [0.05, 0.1) is 13.5 Å². The Hall–Kier alpha value is -1.74. The predicted molar refractivity (Wildman–Crippen MR) is 102 cm³/mol. The highest BCUT2D eigenvalue weighted by molar-refractivity contribution is 7.99. The van der Waals surface area contributed by atoms with Gasteiger partial charge in [-0.3, -0.25) is 4.79 Å². The molecule has 2 aliphatic carbocycles. The smallest absolute Gasteiger partial charge is 0.334 e. The lowest BCUT2D eigenvalue weighted by molar-refractivity contribution is -0.140. The second kappa shape index (κ2) is 8.10. The quantitative estimate of drug-likeness (QED) is 0.504. The maximum absolute atomic E-state index is 13.4. The van der Waals surface area contributed by atoms with E-state index in [1.165, 1.54) is 41.1 Å². The second-order valence-electron chi connectivity index (χ2n) is 6.58. The van der Waals surface area contributed by atoms with Crippen LogP contribution in [0.5, 0.6) is 11.8 Å². The third-order valence-corrected chi connectivity index (χ3v) is 6.18. The summed E-state index contributed by atoms with van der Waals surface area (Å²) in [4.78, 5) is 15.5. The number of esters is 1. The topological polar surface area (TPSA) is 66.2 Å². The fourth-order valence-electron chi connectivity index (χ4n) is 3.74. The molecule has 0 spiro atoms. The molecule has 1 aromatic heterocycles. The van der Waals surface area contributed by atoms with Gasteiger partial charge in [-0.25, -0.2) is 0 Å². The third kappa shape index (κ3) is 3.80. The van der Waals surface area contributed by atoms with E-state index in [0.717, 1.165) is 48.4 Å². The van der Waals surface area contributed by atoms with Gasteiger partial charge in [-0.1, -0.05) is 17.8 Å². The molecule has 0 saturated carbocycles. The monoisotopic (exact) mass is 409 g/mol. The Bertz CT molecular complexity index is 840. The summed E-state index contributed by atoms with van der Waals surface area (Å²) in [5.74, 6) is 1.02. The van der Waals surface area contributed by atoms with Crippen LogP contribution in [0, 0.1) is 0 Å². The molecule has 0 saturated heterocycles. The lowest BCUT2D eigenvalue weighted by Crippen LogP contribution is -2.01. The summed E-state index contributed by atoms with van der Waals surface area (Å²) in [5.41, 5.74) is 5.15. The Kier molecular flexibility index (Phi) is 5.58. The lowest BCUT2D eigenvalue weighted by atomic mass is 10.0. The molecule has 6 nitrogen and oxygen atoms in total. The maximum Gasteiger partial charge on any atom is 0.334 e. The number of ether oxygens (including phenoxy) is 2. The first-order valence-electron chi connectivity index (χ1n) is 8.99. The highest BCUT2D eigenvalue weighted by Crippen LogP contribution is 2.42. The van der Waals surface area contributed by atoms with Crippen LogP contribution in [0.15, 0.2) is 11.2 Å². The summed E-state index contributed by atoms with van der Waals surface area (Å²) in [6, 6.07) is 2.46. The zero-order valence-corrected chi connectivity index (χ0v) is 16.6. The van der Waals surface area contributed by atoms with Crippen molar-refractivity contribution >= 4 is 30.1 Å². The van der Waals surface area contributed by atoms with Gasteiger partial charge >= 0.3 is 12.0 Å². The normalized spacial score (nSPS) is 14.9. The Labute approximate surface area is 165 Å². The van der Waals surface area contributed by atoms with Crippen molar-refractivity contribution < 1.29 is 18.2 Å². The molecule has 0 fully saturated rings. The molecule has 144 valence electrons. The van der Waals surface area contributed by atoms with E-state index in [4.69, 9.17) is 4.74 Å². The lowest BCUT2D eigenvalue weighted by Gasteiger charge is -2.14. The molecule has 2 aromatic rings. The molecule has 1 aromatic carbocycles. The van der Waals surface area contributed by atoms with Gasteiger partial charge < -0.3 is 9.47 Å². The molecule has 1 heterocycles. The average molecular weight is 410 g/mol. The molecule has 0 atom stereocenters. The van der Waals surface area contributed by atoms with E-state index in [1.54, 1.807) is 0 Å². The molecule has 0 amide bonds. The molecule has 27 heavy (non-hydrogen) atoms. The fourth-order valence-corrected chi connectivity index (χ4v) is 4.77. The van der Waals surface area contributed by atoms with Gasteiger partial charge in [-0.2, -0.15) is 4.98 Å². The zero-order chi connectivity index (χ0) is 18.8. The van der Waals surface area contributed by atoms with Crippen LogP contribution in [0.2, 0.25) is 0 Å². The van der Waals surface area contributed by atoms with Crippen molar-refractivity contribution in [2.45, 2.75) is 50.1 Å². The number of halogens is 1. The summed E-state index contributed by atoms with van der Waals surface area (Å²) in [6.07, 6.45) is 6.58. The van der Waals surface area contributed by atoms with Crippen molar-refractivity contribution in [3.05, 3.63) is 28.3 Å². The van der Waals surface area contributed by atoms with Crippen molar-refractivity contribution in [2.24, 2.45) is 0 Å². The Morgan fingerprint density at radius 3 is 2.56 bits per heavy atom. The highest BCUT2D eigenvalue weighted by atomic mass is 32.2. The first kappa shape index (κ1) is 18.6. The minimum Gasteiger partial charge on any atom is -0.469 e. The van der Waals surface area contributed by atoms with E-state index in [9.17, 15) is 8.68 Å². The number of hydrogen-bond acceptors (Lipinski definition) is 7. The Morgan fingerprint density at radius 2 is 1.93 bits per heavy atom. The van der Waals surface area contributed by atoms with Crippen molar-refractivity contribution in [1.82, 2.24) is 14.2 Å². The van der Waals surface area contributed by atoms with E-state index in [1.807, 2.05) is 0 Å². The van der Waals surface area contributed by atoms with Crippen LogP contribution in [0.25, 0.3) is 0 Å². The van der Waals surface area contributed by atoms with Crippen LogP contribution in [0.3, 0.4) is 0 Å². The molecular weight excluding hydrogens is 389 g/mol. The number of hydrogen-bond donors (Lipinski definition) is 0. The van der Waals surface area contributed by atoms with E-state index in [0.29, 0.717) is 10.9 Å². The highest BCUT2D eigenvalue weighted by Gasteiger charge is 2.27. The predicted octanol–water partition coefficient (Wildman–Crippen LogP) is 4.08. The van der Waals surface area contributed by atoms with Crippen molar-refractivity contribution in [3.8, 4) is 11.8 Å². The van der Waals surface area contributed by atoms with Crippen LogP contribution in [-0.2, 0) is 35.2 Å². The number of methoxy groups -OCH3 is 1. The van der Waals surface area contributed by atoms with Gasteiger partial charge in [0, 0.05) is 5.75 Å². The second-order valence-corrected chi connectivity index (χ2v) is 8.13. The summed E-state index contributed by atoms with van der Waals surface area (Å²) >= 11 is 1.23. The summed E-state index contributed by atoms with van der Waals surface area (Å²) in [7, 11) is 1.35. The van der Waals surface area contributed by atoms with Crippen LogP contribution in [0.4, 0.5) is 3.89 Å². The van der Waals surface area contributed by atoms with Crippen molar-refractivity contribution in [3.63, 3.8) is 0 Å². The molecule has 0 radical (unpaired) electrons. The van der Waals surface area contributed by atoms with Gasteiger partial charge in [0.25, 0.3) is 0 Å². The van der Waals surface area contributed by atoms with Gasteiger partial charge in [-0.15, -0.1) is 13.1 Å². The molecule has 0 aliphatic heterocycles. The summed E-state index contributed by atoms with van der Waals surface area (Å²) in [5, 5.41) is 4.49. The number of nitrogens with zero attached hydrogens (tertiary/aromatic N) is 3. The number of carbonyl (C=O) groups excluding carboxylic acids is 1. The molecular formula is C18H20FN3O3S2. The SMILES string of the molecule is COC(=O)CCSc1nc(Oc2c3c(cc4c2CCC4)CCC3)n(SF)n1. The van der Waals surface area contributed by atoms with Crippen LogP contribution >= 0.6 is 24.1 Å². The van der Waals surface area contributed by atoms with Gasteiger partial charge in [0.15, 0.2) is 12.3 Å². The number of thioether (sulfide) groups is 1. The molecule has 4 rings (SSSR count). The fraction of sp³-hybridized carbons (Fsp3) is 0.500. The number of benzene rings is 1. The van der Waals surface area contributed by atoms with Gasteiger partial charge in [0.2, 0.25) is 5.16 Å². The van der Waals surface area contributed by atoms with Crippen molar-refractivity contribution in [1.29, 1.82) is 0 Å². The van der Waals surface area contributed by atoms with E-state index in [-0.39, 0.29) is 30.7 Å². The molecule has 2 aliphatic rings. The Morgan fingerprint density at radius 1 is 1.22 bits per heavy atom. The van der Waals surface area contributed by atoms with E-state index < -0.39 is 0 Å². The van der Waals surface area contributed by atoms with E-state index >= 15 is 0 Å². The minimum atomic E-state index is -0.298. The maximum atomic E-state index is 13.4. The number of rotatable bonds is 7. The minimum absolute atomic E-state index is 0.0406. The van der Waals surface area contributed by atoms with E-state index in [2.05, 4.69) is 20.9 Å². The zero-order valence-electron chi connectivity index (χ0n) is 15.0. The number of aryl methyl sites for hydroxylation is 2. The summed E-state index contributed by atoms with van der Waals surface area (Å²) < 4.78 is 25.2. The number of carbonyl (C=O) groups is 1. The molecule has 0 bridgehead atoms. The molecule has 9 heteroatoms. The first-order valence-corrected chi connectivity index (χ1v) is 10.7. The molecule has 0 N–H and O–H groups in total.